The molecule has 0 atom stereocenters. The standard InChI is InChI=1S/C18H23ClN2O3/c1-2-21(12-17(22)23)13-7-9-20(10-8-13)11-15-14-5-3-4-6-16(14)24-18(15)19/h3-6,13H,2,7-12H2,1H3,(H,22,23). The van der Waals surface area contributed by atoms with Gasteiger partial charge in [0.2, 0.25) is 0 Å². The Balaban J connectivity index is 1.63. The summed E-state index contributed by atoms with van der Waals surface area (Å²) in [6.07, 6.45) is 1.96. The highest BCUT2D eigenvalue weighted by Crippen LogP contribution is 2.31. The molecule has 0 aliphatic carbocycles. The number of hydrogen-bond acceptors (Lipinski definition) is 4. The molecule has 130 valence electrons. The van der Waals surface area contributed by atoms with E-state index < -0.39 is 5.97 Å². The number of carboxylic acid groups (broad SMARTS) is 1. The van der Waals surface area contributed by atoms with Gasteiger partial charge in [0.25, 0.3) is 0 Å². The Labute approximate surface area is 146 Å². The van der Waals surface area contributed by atoms with E-state index in [4.69, 9.17) is 21.1 Å². The second-order valence-electron chi connectivity index (χ2n) is 6.31. The summed E-state index contributed by atoms with van der Waals surface area (Å²) < 4.78 is 5.63. The SMILES string of the molecule is CCN(CC(=O)O)C1CCN(Cc2c(Cl)oc3ccccc23)CC1. The van der Waals surface area contributed by atoms with Crippen LogP contribution in [0.4, 0.5) is 0 Å². The van der Waals surface area contributed by atoms with Gasteiger partial charge in [-0.2, -0.15) is 0 Å². The molecule has 1 aromatic heterocycles. The molecule has 0 spiro atoms. The topological polar surface area (TPSA) is 56.9 Å². The lowest BCUT2D eigenvalue weighted by molar-refractivity contribution is -0.139. The number of aliphatic carboxylic acids is 1. The van der Waals surface area contributed by atoms with Crippen molar-refractivity contribution in [3.8, 4) is 0 Å². The van der Waals surface area contributed by atoms with Gasteiger partial charge in [-0.15, -0.1) is 0 Å². The normalized spacial score (nSPS) is 17.0. The van der Waals surface area contributed by atoms with Crippen molar-refractivity contribution in [3.63, 3.8) is 0 Å². The van der Waals surface area contributed by atoms with E-state index in [0.29, 0.717) is 11.3 Å². The number of carbonyl (C=O) groups is 1. The summed E-state index contributed by atoms with van der Waals surface area (Å²) in [6.45, 7) is 5.57. The number of likely N-dealkylation sites (tertiary alicyclic amines) is 1. The largest absolute Gasteiger partial charge is 0.480 e. The van der Waals surface area contributed by atoms with Gasteiger partial charge >= 0.3 is 5.97 Å². The summed E-state index contributed by atoms with van der Waals surface area (Å²) in [4.78, 5) is 15.4. The van der Waals surface area contributed by atoms with Crippen LogP contribution in [0.5, 0.6) is 0 Å². The molecule has 1 aromatic carbocycles. The highest BCUT2D eigenvalue weighted by Gasteiger charge is 2.26. The molecular weight excluding hydrogens is 328 g/mol. The van der Waals surface area contributed by atoms with Crippen LogP contribution in [-0.4, -0.2) is 53.1 Å². The molecule has 1 saturated heterocycles. The van der Waals surface area contributed by atoms with Crippen molar-refractivity contribution in [2.75, 3.05) is 26.2 Å². The number of likely N-dealkylation sites (N-methyl/N-ethyl adjacent to an activating group) is 1. The molecule has 0 bridgehead atoms. The van der Waals surface area contributed by atoms with Gasteiger partial charge in [0.05, 0.1) is 6.54 Å². The Bertz CT molecular complexity index is 707. The van der Waals surface area contributed by atoms with E-state index in [-0.39, 0.29) is 6.54 Å². The number of benzene rings is 1. The number of hydrogen-bond donors (Lipinski definition) is 1. The summed E-state index contributed by atoms with van der Waals surface area (Å²) in [5, 5.41) is 10.6. The van der Waals surface area contributed by atoms with Gasteiger partial charge in [0, 0.05) is 23.5 Å². The third-order valence-corrected chi connectivity index (χ3v) is 5.15. The van der Waals surface area contributed by atoms with Crippen LogP contribution in [0.1, 0.15) is 25.3 Å². The molecule has 3 rings (SSSR count). The number of furan rings is 1. The van der Waals surface area contributed by atoms with Gasteiger partial charge in [0.1, 0.15) is 5.58 Å². The average Bonchev–Trinajstić information content (AvgIpc) is 2.89. The van der Waals surface area contributed by atoms with Crippen molar-refractivity contribution in [1.82, 2.24) is 9.80 Å². The Morgan fingerprint density at radius 3 is 2.75 bits per heavy atom. The molecule has 2 aromatic rings. The predicted molar refractivity (Wildman–Crippen MR) is 94.4 cm³/mol. The third-order valence-electron chi connectivity index (χ3n) is 4.85. The summed E-state index contributed by atoms with van der Waals surface area (Å²) in [6, 6.07) is 8.26. The Morgan fingerprint density at radius 2 is 2.08 bits per heavy atom. The molecule has 0 amide bonds. The fourth-order valence-electron chi connectivity index (χ4n) is 3.56. The van der Waals surface area contributed by atoms with Crippen molar-refractivity contribution in [2.45, 2.75) is 32.4 Å². The van der Waals surface area contributed by atoms with Crippen molar-refractivity contribution < 1.29 is 14.3 Å². The van der Waals surface area contributed by atoms with E-state index in [1.165, 1.54) is 0 Å². The molecule has 6 heteroatoms. The zero-order chi connectivity index (χ0) is 17.1. The van der Waals surface area contributed by atoms with Crippen LogP contribution in [0, 0.1) is 0 Å². The lowest BCUT2D eigenvalue weighted by Gasteiger charge is -2.37. The summed E-state index contributed by atoms with van der Waals surface area (Å²) in [7, 11) is 0. The van der Waals surface area contributed by atoms with Crippen LogP contribution in [0.3, 0.4) is 0 Å². The van der Waals surface area contributed by atoms with Crippen LogP contribution in [0.25, 0.3) is 11.0 Å². The molecule has 0 unspecified atom stereocenters. The number of para-hydroxylation sites is 1. The molecule has 1 fully saturated rings. The van der Waals surface area contributed by atoms with E-state index in [2.05, 4.69) is 9.80 Å². The van der Waals surface area contributed by atoms with Gasteiger partial charge < -0.3 is 9.52 Å². The maximum Gasteiger partial charge on any atom is 0.317 e. The fraction of sp³-hybridized carbons (Fsp3) is 0.500. The number of carboxylic acids is 1. The summed E-state index contributed by atoms with van der Waals surface area (Å²) >= 11 is 6.28. The molecule has 0 radical (unpaired) electrons. The first-order valence-electron chi connectivity index (χ1n) is 8.42. The number of fused-ring (bicyclic) bond motifs is 1. The molecular formula is C18H23ClN2O3. The average molecular weight is 351 g/mol. The lowest BCUT2D eigenvalue weighted by atomic mass is 10.0. The minimum atomic E-state index is -0.754. The van der Waals surface area contributed by atoms with Gasteiger partial charge in [-0.05, 0) is 50.1 Å². The number of nitrogens with zero attached hydrogens (tertiary/aromatic N) is 2. The van der Waals surface area contributed by atoms with Crippen LogP contribution in [0.2, 0.25) is 5.22 Å². The van der Waals surface area contributed by atoms with Crippen molar-refractivity contribution in [2.24, 2.45) is 0 Å². The molecule has 24 heavy (non-hydrogen) atoms. The van der Waals surface area contributed by atoms with E-state index in [0.717, 1.165) is 55.6 Å². The summed E-state index contributed by atoms with van der Waals surface area (Å²) in [5.74, 6) is -0.754. The molecule has 1 aliphatic heterocycles. The van der Waals surface area contributed by atoms with Crippen LogP contribution in [0.15, 0.2) is 28.7 Å². The Kier molecular flexibility index (Phi) is 5.43. The molecule has 0 saturated carbocycles. The number of piperidine rings is 1. The first kappa shape index (κ1) is 17.3. The Hall–Kier alpha value is -1.56. The van der Waals surface area contributed by atoms with Crippen LogP contribution < -0.4 is 0 Å². The fourth-order valence-corrected chi connectivity index (χ4v) is 3.80. The second kappa shape index (κ2) is 7.55. The van der Waals surface area contributed by atoms with Crippen LogP contribution >= 0.6 is 11.6 Å². The lowest BCUT2D eigenvalue weighted by Crippen LogP contribution is -2.46. The van der Waals surface area contributed by atoms with Gasteiger partial charge in [0.15, 0.2) is 5.22 Å². The Morgan fingerprint density at radius 1 is 1.38 bits per heavy atom. The van der Waals surface area contributed by atoms with E-state index >= 15 is 0 Å². The minimum absolute atomic E-state index is 0.124. The van der Waals surface area contributed by atoms with Crippen molar-refractivity contribution in [1.29, 1.82) is 0 Å². The minimum Gasteiger partial charge on any atom is -0.480 e. The van der Waals surface area contributed by atoms with Gasteiger partial charge in [-0.1, -0.05) is 25.1 Å². The second-order valence-corrected chi connectivity index (χ2v) is 6.66. The monoisotopic (exact) mass is 350 g/mol. The smallest absolute Gasteiger partial charge is 0.317 e. The first-order chi connectivity index (χ1) is 11.6. The van der Waals surface area contributed by atoms with E-state index in [9.17, 15) is 4.79 Å². The highest BCUT2D eigenvalue weighted by molar-refractivity contribution is 6.30. The van der Waals surface area contributed by atoms with E-state index in [1.807, 2.05) is 31.2 Å². The molecule has 5 nitrogen and oxygen atoms in total. The zero-order valence-corrected chi connectivity index (χ0v) is 14.6. The zero-order valence-electron chi connectivity index (χ0n) is 13.9. The molecule has 2 heterocycles. The molecule has 1 N–H and O–H groups in total. The van der Waals surface area contributed by atoms with Gasteiger partial charge in [-0.3, -0.25) is 14.6 Å². The van der Waals surface area contributed by atoms with E-state index in [1.54, 1.807) is 0 Å². The van der Waals surface area contributed by atoms with Crippen molar-refractivity contribution >= 4 is 28.5 Å². The van der Waals surface area contributed by atoms with Crippen LogP contribution in [-0.2, 0) is 11.3 Å². The first-order valence-corrected chi connectivity index (χ1v) is 8.80. The number of halogens is 1. The number of rotatable bonds is 6. The predicted octanol–water partition coefficient (Wildman–Crippen LogP) is 3.46. The quantitative estimate of drug-likeness (QED) is 0.864. The summed E-state index contributed by atoms with van der Waals surface area (Å²) in [5.41, 5.74) is 1.87. The maximum atomic E-state index is 11.0. The van der Waals surface area contributed by atoms with Crippen molar-refractivity contribution in [3.05, 3.63) is 35.0 Å². The van der Waals surface area contributed by atoms with Gasteiger partial charge in [-0.25, -0.2) is 0 Å². The maximum absolute atomic E-state index is 11.0. The molecule has 1 aliphatic rings. The third kappa shape index (κ3) is 3.74. The highest BCUT2D eigenvalue weighted by atomic mass is 35.5.